The molecule has 0 saturated heterocycles. The normalized spacial score (nSPS) is 12.0. The molecule has 0 radical (unpaired) electrons. The van der Waals surface area contributed by atoms with Gasteiger partial charge >= 0.3 is 0 Å². The van der Waals surface area contributed by atoms with Crippen LogP contribution in [0, 0.1) is 26.7 Å². The summed E-state index contributed by atoms with van der Waals surface area (Å²) in [5.41, 5.74) is 4.63. The van der Waals surface area contributed by atoms with Crippen molar-refractivity contribution in [2.75, 3.05) is 11.1 Å². The SMILES string of the molecule is Cc1ccc(C(=O)N[C@H](c2nnc(SCC(=O)Nc3cc(C)ccc3C)n2C)C(C)C)cc1. The molecule has 0 spiro atoms. The van der Waals surface area contributed by atoms with Crippen molar-refractivity contribution in [3.8, 4) is 0 Å². The average molecular weight is 466 g/mol. The lowest BCUT2D eigenvalue weighted by molar-refractivity contribution is -0.113. The Morgan fingerprint density at radius 3 is 2.33 bits per heavy atom. The smallest absolute Gasteiger partial charge is 0.251 e. The van der Waals surface area contributed by atoms with Gasteiger partial charge in [-0.05, 0) is 56.0 Å². The van der Waals surface area contributed by atoms with Crippen LogP contribution in [0.25, 0.3) is 0 Å². The Balaban J connectivity index is 1.67. The van der Waals surface area contributed by atoms with Gasteiger partial charge in [-0.3, -0.25) is 9.59 Å². The maximum Gasteiger partial charge on any atom is 0.251 e. The molecule has 0 aliphatic carbocycles. The molecule has 0 saturated carbocycles. The zero-order valence-electron chi connectivity index (χ0n) is 20.0. The second-order valence-electron chi connectivity index (χ2n) is 8.62. The Hall–Kier alpha value is -3.13. The number of carbonyl (C=O) groups is 2. The van der Waals surface area contributed by atoms with Crippen molar-refractivity contribution in [1.29, 1.82) is 0 Å². The number of thioether (sulfide) groups is 1. The minimum absolute atomic E-state index is 0.104. The van der Waals surface area contributed by atoms with E-state index in [1.165, 1.54) is 11.8 Å². The molecule has 0 aliphatic heterocycles. The summed E-state index contributed by atoms with van der Waals surface area (Å²) in [4.78, 5) is 25.3. The third-order valence-corrected chi connectivity index (χ3v) is 6.43. The van der Waals surface area contributed by atoms with E-state index in [0.29, 0.717) is 16.5 Å². The molecule has 2 aromatic carbocycles. The van der Waals surface area contributed by atoms with Gasteiger partial charge in [0.25, 0.3) is 5.91 Å². The minimum atomic E-state index is -0.311. The van der Waals surface area contributed by atoms with Crippen molar-refractivity contribution in [1.82, 2.24) is 20.1 Å². The monoisotopic (exact) mass is 465 g/mol. The number of aryl methyl sites for hydroxylation is 3. The first kappa shape index (κ1) is 24.5. The average Bonchev–Trinajstić information content (AvgIpc) is 3.13. The minimum Gasteiger partial charge on any atom is -0.342 e. The zero-order valence-corrected chi connectivity index (χ0v) is 20.8. The Labute approximate surface area is 199 Å². The predicted molar refractivity (Wildman–Crippen MR) is 132 cm³/mol. The van der Waals surface area contributed by atoms with Gasteiger partial charge < -0.3 is 15.2 Å². The van der Waals surface area contributed by atoms with Crippen LogP contribution in [0.2, 0.25) is 0 Å². The van der Waals surface area contributed by atoms with Crippen molar-refractivity contribution in [3.63, 3.8) is 0 Å². The fourth-order valence-electron chi connectivity index (χ4n) is 3.37. The van der Waals surface area contributed by atoms with Crippen LogP contribution < -0.4 is 10.6 Å². The highest BCUT2D eigenvalue weighted by molar-refractivity contribution is 7.99. The Kier molecular flexibility index (Phi) is 7.92. The summed E-state index contributed by atoms with van der Waals surface area (Å²) in [5.74, 6) is 0.710. The summed E-state index contributed by atoms with van der Waals surface area (Å²) in [6.07, 6.45) is 0. The van der Waals surface area contributed by atoms with Gasteiger partial charge in [0, 0.05) is 18.3 Å². The number of amides is 2. The van der Waals surface area contributed by atoms with E-state index in [0.717, 1.165) is 22.4 Å². The standard InChI is InChI=1S/C25H31N5O2S/c1-15(2)22(27-24(32)19-11-8-16(3)9-12-19)23-28-29-25(30(23)6)33-14-21(31)26-20-13-17(4)7-10-18(20)5/h7-13,15,22H,14H2,1-6H3,(H,26,31)(H,27,32)/t22-/m0/s1. The van der Waals surface area contributed by atoms with Crippen LogP contribution in [0.1, 0.15) is 52.8 Å². The van der Waals surface area contributed by atoms with E-state index in [-0.39, 0.29) is 29.5 Å². The summed E-state index contributed by atoms with van der Waals surface area (Å²) in [6.45, 7) is 10.00. The van der Waals surface area contributed by atoms with E-state index < -0.39 is 0 Å². The molecule has 3 rings (SSSR count). The molecule has 2 N–H and O–H groups in total. The Morgan fingerprint density at radius 1 is 1.00 bits per heavy atom. The van der Waals surface area contributed by atoms with E-state index in [1.807, 2.05) is 88.7 Å². The molecular formula is C25H31N5O2S. The number of aromatic nitrogens is 3. The van der Waals surface area contributed by atoms with Crippen LogP contribution in [0.15, 0.2) is 47.6 Å². The molecule has 1 atom stereocenters. The van der Waals surface area contributed by atoms with Gasteiger partial charge in [-0.15, -0.1) is 10.2 Å². The van der Waals surface area contributed by atoms with E-state index in [2.05, 4.69) is 20.8 Å². The van der Waals surface area contributed by atoms with Crippen molar-refractivity contribution in [2.45, 2.75) is 45.8 Å². The van der Waals surface area contributed by atoms with Gasteiger partial charge in [0.1, 0.15) is 0 Å². The van der Waals surface area contributed by atoms with Gasteiger partial charge in [-0.1, -0.05) is 55.4 Å². The van der Waals surface area contributed by atoms with E-state index in [4.69, 9.17) is 0 Å². The number of hydrogen-bond acceptors (Lipinski definition) is 5. The molecule has 1 aromatic heterocycles. The van der Waals surface area contributed by atoms with Crippen molar-refractivity contribution < 1.29 is 9.59 Å². The number of rotatable bonds is 8. The molecule has 2 amide bonds. The van der Waals surface area contributed by atoms with Crippen LogP contribution in [-0.4, -0.2) is 32.3 Å². The summed E-state index contributed by atoms with van der Waals surface area (Å²) >= 11 is 1.32. The number of benzene rings is 2. The molecule has 8 heteroatoms. The highest BCUT2D eigenvalue weighted by Crippen LogP contribution is 2.25. The molecule has 0 fully saturated rings. The Bertz CT molecular complexity index is 1140. The van der Waals surface area contributed by atoms with Crippen LogP contribution in [0.5, 0.6) is 0 Å². The molecule has 0 unspecified atom stereocenters. The fraction of sp³-hybridized carbons (Fsp3) is 0.360. The van der Waals surface area contributed by atoms with Gasteiger partial charge in [-0.25, -0.2) is 0 Å². The first-order chi connectivity index (χ1) is 15.7. The number of nitrogens with one attached hydrogen (secondary N) is 2. The largest absolute Gasteiger partial charge is 0.342 e. The quantitative estimate of drug-likeness (QED) is 0.475. The second-order valence-corrected chi connectivity index (χ2v) is 9.56. The highest BCUT2D eigenvalue weighted by atomic mass is 32.2. The summed E-state index contributed by atoms with van der Waals surface area (Å²) < 4.78 is 1.84. The topological polar surface area (TPSA) is 88.9 Å². The zero-order chi connectivity index (χ0) is 24.1. The summed E-state index contributed by atoms with van der Waals surface area (Å²) in [6, 6.07) is 13.1. The van der Waals surface area contributed by atoms with Crippen molar-refractivity contribution in [3.05, 3.63) is 70.5 Å². The first-order valence-corrected chi connectivity index (χ1v) is 11.9. The van der Waals surface area contributed by atoms with Crippen molar-refractivity contribution in [2.24, 2.45) is 13.0 Å². The maximum atomic E-state index is 12.8. The van der Waals surface area contributed by atoms with Crippen molar-refractivity contribution >= 4 is 29.3 Å². The van der Waals surface area contributed by atoms with Gasteiger partial charge in [0.15, 0.2) is 11.0 Å². The molecule has 0 aliphatic rings. The molecule has 0 bridgehead atoms. The lowest BCUT2D eigenvalue weighted by Gasteiger charge is -2.21. The number of hydrogen-bond donors (Lipinski definition) is 2. The molecular weight excluding hydrogens is 434 g/mol. The highest BCUT2D eigenvalue weighted by Gasteiger charge is 2.25. The first-order valence-electron chi connectivity index (χ1n) is 10.9. The van der Waals surface area contributed by atoms with Gasteiger partial charge in [0.05, 0.1) is 11.8 Å². The van der Waals surface area contributed by atoms with Crippen LogP contribution in [0.4, 0.5) is 5.69 Å². The molecule has 33 heavy (non-hydrogen) atoms. The molecule has 7 nitrogen and oxygen atoms in total. The van der Waals surface area contributed by atoms with Crippen LogP contribution in [0.3, 0.4) is 0 Å². The Morgan fingerprint density at radius 2 is 1.67 bits per heavy atom. The van der Waals surface area contributed by atoms with E-state index in [1.54, 1.807) is 0 Å². The lowest BCUT2D eigenvalue weighted by Crippen LogP contribution is -2.33. The van der Waals surface area contributed by atoms with E-state index >= 15 is 0 Å². The van der Waals surface area contributed by atoms with Crippen LogP contribution >= 0.6 is 11.8 Å². The van der Waals surface area contributed by atoms with Gasteiger partial charge in [-0.2, -0.15) is 0 Å². The van der Waals surface area contributed by atoms with Gasteiger partial charge in [0.2, 0.25) is 5.91 Å². The van der Waals surface area contributed by atoms with E-state index in [9.17, 15) is 9.59 Å². The molecule has 3 aromatic rings. The second kappa shape index (κ2) is 10.7. The molecule has 1 heterocycles. The van der Waals surface area contributed by atoms with Crippen LogP contribution in [-0.2, 0) is 11.8 Å². The summed E-state index contributed by atoms with van der Waals surface area (Å²) in [5, 5.41) is 15.3. The summed E-state index contributed by atoms with van der Waals surface area (Å²) in [7, 11) is 1.85. The third-order valence-electron chi connectivity index (χ3n) is 5.41. The fourth-order valence-corrected chi connectivity index (χ4v) is 4.09. The number of nitrogens with zero attached hydrogens (tertiary/aromatic N) is 3. The maximum absolute atomic E-state index is 12.8. The number of carbonyl (C=O) groups excluding carboxylic acids is 2. The third kappa shape index (κ3) is 6.22. The predicted octanol–water partition coefficient (Wildman–Crippen LogP) is 4.60. The lowest BCUT2D eigenvalue weighted by atomic mass is 10.0. The molecule has 174 valence electrons. The number of anilines is 1.